The van der Waals surface area contributed by atoms with Crippen molar-refractivity contribution in [1.29, 1.82) is 0 Å². The van der Waals surface area contributed by atoms with E-state index in [1.165, 1.54) is 50.6 Å². The van der Waals surface area contributed by atoms with Crippen LogP contribution >= 0.6 is 27.5 Å². The Morgan fingerprint density at radius 1 is 1.16 bits per heavy atom. The largest absolute Gasteiger partial charge is 0.477 e. The highest BCUT2D eigenvalue weighted by atomic mass is 79.9. The van der Waals surface area contributed by atoms with E-state index in [2.05, 4.69) is 26.0 Å². The summed E-state index contributed by atoms with van der Waals surface area (Å²) in [7, 11) is 1.22. The highest BCUT2D eigenvalue weighted by Crippen LogP contribution is 2.34. The number of carbonyl (C=O) groups is 1. The van der Waals surface area contributed by atoms with Gasteiger partial charge in [-0.1, -0.05) is 35.9 Å². The van der Waals surface area contributed by atoms with Crippen LogP contribution in [-0.4, -0.2) is 35.1 Å². The van der Waals surface area contributed by atoms with Crippen LogP contribution in [0.4, 0.5) is 13.2 Å². The van der Waals surface area contributed by atoms with E-state index >= 15 is 0 Å². The van der Waals surface area contributed by atoms with Crippen molar-refractivity contribution in [3.8, 4) is 17.1 Å². The Labute approximate surface area is 227 Å². The second kappa shape index (κ2) is 11.0. The molecule has 0 spiro atoms. The molecule has 0 aliphatic carbocycles. The van der Waals surface area contributed by atoms with Crippen LogP contribution in [0.1, 0.15) is 18.1 Å². The standard InChI is InChI=1S/C26H18BrClF3N3O4/c1-14(25(36)37-2)38-22-16(11-18(28)12-20(22)27)13-32-34-23(15-6-5-7-17(10-15)26(29,30)31)33-21-9-4-3-8-19(21)24(34)35/h3-14H,1-2H3/t14-/m1/s1. The summed E-state index contributed by atoms with van der Waals surface area (Å²) in [6.07, 6.45) is -4.35. The number of hydrogen-bond donors (Lipinski definition) is 0. The Balaban J connectivity index is 1.91. The van der Waals surface area contributed by atoms with Gasteiger partial charge in [-0.3, -0.25) is 4.79 Å². The number of esters is 1. The van der Waals surface area contributed by atoms with Gasteiger partial charge in [0.1, 0.15) is 5.75 Å². The molecule has 1 heterocycles. The number of carbonyl (C=O) groups excluding carboxylic acids is 1. The number of methoxy groups -OCH3 is 1. The van der Waals surface area contributed by atoms with Crippen LogP contribution in [0.25, 0.3) is 22.3 Å². The normalized spacial score (nSPS) is 12.6. The summed E-state index contributed by atoms with van der Waals surface area (Å²) < 4.78 is 52.0. The molecule has 0 amide bonds. The summed E-state index contributed by atoms with van der Waals surface area (Å²) in [5.74, 6) is -0.558. The van der Waals surface area contributed by atoms with Crippen molar-refractivity contribution in [1.82, 2.24) is 9.66 Å². The lowest BCUT2D eigenvalue weighted by atomic mass is 10.1. The molecule has 3 aromatic carbocycles. The summed E-state index contributed by atoms with van der Waals surface area (Å²) in [5, 5.41) is 4.77. The van der Waals surface area contributed by atoms with Gasteiger partial charge in [0.05, 0.1) is 34.3 Å². The van der Waals surface area contributed by atoms with Crippen LogP contribution in [0, 0.1) is 0 Å². The Hall–Kier alpha value is -3.70. The molecule has 7 nitrogen and oxygen atoms in total. The Morgan fingerprint density at radius 3 is 2.61 bits per heavy atom. The second-order valence-corrected chi connectivity index (χ2v) is 9.27. The third kappa shape index (κ3) is 5.73. The van der Waals surface area contributed by atoms with E-state index in [-0.39, 0.29) is 33.6 Å². The average Bonchev–Trinajstić information content (AvgIpc) is 2.88. The minimum Gasteiger partial charge on any atom is -0.477 e. The van der Waals surface area contributed by atoms with Crippen molar-refractivity contribution in [2.45, 2.75) is 19.2 Å². The van der Waals surface area contributed by atoms with Crippen LogP contribution < -0.4 is 10.3 Å². The quantitative estimate of drug-likeness (QED) is 0.189. The van der Waals surface area contributed by atoms with Crippen molar-refractivity contribution >= 4 is 50.6 Å². The van der Waals surface area contributed by atoms with Crippen LogP contribution in [-0.2, 0) is 15.7 Å². The predicted octanol–water partition coefficient (Wildman–Crippen LogP) is 6.32. The lowest BCUT2D eigenvalue weighted by molar-refractivity contribution is -0.148. The summed E-state index contributed by atoms with van der Waals surface area (Å²) in [6.45, 7) is 1.48. The molecule has 0 saturated heterocycles. The Morgan fingerprint density at radius 2 is 1.89 bits per heavy atom. The molecule has 0 saturated carbocycles. The van der Waals surface area contributed by atoms with Gasteiger partial charge in [-0.25, -0.2) is 9.78 Å². The SMILES string of the molecule is COC(=O)[C@@H](C)Oc1c(Br)cc(Cl)cc1C=Nn1c(-c2cccc(C(F)(F)F)c2)nc2ccccc2c1=O. The number of hydrogen-bond acceptors (Lipinski definition) is 6. The van der Waals surface area contributed by atoms with Gasteiger partial charge in [0.2, 0.25) is 0 Å². The molecule has 38 heavy (non-hydrogen) atoms. The van der Waals surface area contributed by atoms with Crippen molar-refractivity contribution in [3.63, 3.8) is 0 Å². The molecule has 0 unspecified atom stereocenters. The van der Waals surface area contributed by atoms with Gasteiger partial charge >= 0.3 is 12.1 Å². The summed E-state index contributed by atoms with van der Waals surface area (Å²) in [4.78, 5) is 29.7. The Bertz CT molecular complexity index is 1620. The smallest absolute Gasteiger partial charge is 0.416 e. The van der Waals surface area contributed by atoms with E-state index in [1.54, 1.807) is 18.2 Å². The second-order valence-electron chi connectivity index (χ2n) is 7.98. The van der Waals surface area contributed by atoms with Crippen molar-refractivity contribution in [3.05, 3.63) is 91.6 Å². The summed E-state index contributed by atoms with van der Waals surface area (Å²) in [5.41, 5.74) is -0.916. The van der Waals surface area contributed by atoms with Crippen molar-refractivity contribution < 1.29 is 27.4 Å². The van der Waals surface area contributed by atoms with Crippen LogP contribution in [0.15, 0.2) is 75.0 Å². The maximum Gasteiger partial charge on any atom is 0.416 e. The topological polar surface area (TPSA) is 82.8 Å². The van der Waals surface area contributed by atoms with Crippen molar-refractivity contribution in [2.24, 2.45) is 5.10 Å². The third-order valence-corrected chi connectivity index (χ3v) is 6.19. The van der Waals surface area contributed by atoms with Crippen LogP contribution in [0.3, 0.4) is 0 Å². The molecular formula is C26H18BrClF3N3O4. The highest BCUT2D eigenvalue weighted by molar-refractivity contribution is 9.10. The maximum absolute atomic E-state index is 13.4. The number of nitrogens with zero attached hydrogens (tertiary/aromatic N) is 3. The molecule has 0 fully saturated rings. The van der Waals surface area contributed by atoms with Gasteiger partial charge < -0.3 is 9.47 Å². The fourth-order valence-electron chi connectivity index (χ4n) is 3.56. The molecule has 0 aliphatic heterocycles. The number of fused-ring (bicyclic) bond motifs is 1. The zero-order chi connectivity index (χ0) is 27.6. The van der Waals surface area contributed by atoms with Crippen LogP contribution in [0.2, 0.25) is 5.02 Å². The number of benzene rings is 3. The predicted molar refractivity (Wildman–Crippen MR) is 141 cm³/mol. The molecule has 0 N–H and O–H groups in total. The zero-order valence-electron chi connectivity index (χ0n) is 19.8. The summed E-state index contributed by atoms with van der Waals surface area (Å²) >= 11 is 9.54. The number of aromatic nitrogens is 2. The molecule has 196 valence electrons. The molecule has 1 aromatic heterocycles. The van der Waals surface area contributed by atoms with Gasteiger partial charge in [0, 0.05) is 16.1 Å². The molecule has 1 atom stereocenters. The van der Waals surface area contributed by atoms with Gasteiger partial charge in [-0.05, 0) is 59.3 Å². The third-order valence-electron chi connectivity index (χ3n) is 5.38. The van der Waals surface area contributed by atoms with Crippen LogP contribution in [0.5, 0.6) is 5.75 Å². The number of para-hydroxylation sites is 1. The first-order valence-electron chi connectivity index (χ1n) is 11.0. The number of ether oxygens (including phenoxy) is 2. The van der Waals surface area contributed by atoms with Gasteiger partial charge in [0.15, 0.2) is 11.9 Å². The zero-order valence-corrected chi connectivity index (χ0v) is 22.1. The van der Waals surface area contributed by atoms with Gasteiger partial charge in [-0.2, -0.15) is 22.9 Å². The van der Waals surface area contributed by atoms with E-state index in [9.17, 15) is 22.8 Å². The first-order chi connectivity index (χ1) is 18.0. The first-order valence-corrected chi connectivity index (χ1v) is 12.1. The van der Waals surface area contributed by atoms with Crippen molar-refractivity contribution in [2.75, 3.05) is 7.11 Å². The fourth-order valence-corrected chi connectivity index (χ4v) is 4.49. The minimum absolute atomic E-state index is 0.0305. The van der Waals surface area contributed by atoms with Gasteiger partial charge in [0.25, 0.3) is 5.56 Å². The molecule has 0 radical (unpaired) electrons. The number of halogens is 5. The van der Waals surface area contributed by atoms with E-state index in [4.69, 9.17) is 21.1 Å². The lowest BCUT2D eigenvalue weighted by Gasteiger charge is -2.16. The first kappa shape index (κ1) is 27.3. The summed E-state index contributed by atoms with van der Waals surface area (Å²) in [6, 6.07) is 13.9. The fraction of sp³-hybridized carbons (Fsp3) is 0.154. The molecular weight excluding hydrogens is 591 g/mol. The molecule has 0 aliphatic rings. The number of rotatable bonds is 6. The Kier molecular flexibility index (Phi) is 7.89. The lowest BCUT2D eigenvalue weighted by Crippen LogP contribution is -2.25. The van der Waals surface area contributed by atoms with E-state index in [0.29, 0.717) is 9.50 Å². The highest BCUT2D eigenvalue weighted by Gasteiger charge is 2.31. The monoisotopic (exact) mass is 607 g/mol. The molecule has 0 bridgehead atoms. The molecule has 4 rings (SSSR count). The van der Waals surface area contributed by atoms with E-state index < -0.39 is 29.4 Å². The maximum atomic E-state index is 13.4. The molecule has 12 heteroatoms. The van der Waals surface area contributed by atoms with E-state index in [0.717, 1.165) is 16.8 Å². The van der Waals surface area contributed by atoms with E-state index in [1.807, 2.05) is 0 Å². The molecule has 4 aromatic rings. The van der Waals surface area contributed by atoms with Gasteiger partial charge in [-0.15, -0.1) is 0 Å². The average molecular weight is 609 g/mol. The number of alkyl halides is 3. The minimum atomic E-state index is -4.60.